The van der Waals surface area contributed by atoms with Crippen molar-refractivity contribution in [1.29, 1.82) is 0 Å². The van der Waals surface area contributed by atoms with E-state index in [0.717, 1.165) is 16.5 Å². The van der Waals surface area contributed by atoms with Crippen LogP contribution in [0.2, 0.25) is 0 Å². The molecule has 0 saturated heterocycles. The minimum atomic E-state index is -1.57. The van der Waals surface area contributed by atoms with Crippen LogP contribution in [0.15, 0.2) is 30.5 Å². The highest BCUT2D eigenvalue weighted by Crippen LogP contribution is 2.18. The van der Waals surface area contributed by atoms with Gasteiger partial charge in [0, 0.05) is 23.5 Å². The van der Waals surface area contributed by atoms with Gasteiger partial charge in [0.2, 0.25) is 17.7 Å². The lowest BCUT2D eigenvalue weighted by Gasteiger charge is -2.21. The van der Waals surface area contributed by atoms with Gasteiger partial charge in [0.05, 0.1) is 12.5 Å². The minimum absolute atomic E-state index is 0.119. The number of aromatic amines is 1. The fourth-order valence-electron chi connectivity index (χ4n) is 3.11. The highest BCUT2D eigenvalue weighted by molar-refractivity contribution is 5.94. The van der Waals surface area contributed by atoms with Crippen LogP contribution in [0.4, 0.5) is 0 Å². The molecule has 0 saturated carbocycles. The summed E-state index contributed by atoms with van der Waals surface area (Å²) in [6.07, 6.45) is 0.440. The summed E-state index contributed by atoms with van der Waals surface area (Å²) < 4.78 is 0. The molecule has 12 nitrogen and oxygen atoms in total. The molecule has 0 spiro atoms. The number of carboxylic acids is 2. The molecule has 2 aromatic rings. The van der Waals surface area contributed by atoms with Gasteiger partial charge in [0.25, 0.3) is 0 Å². The van der Waals surface area contributed by atoms with Gasteiger partial charge >= 0.3 is 11.9 Å². The number of benzene rings is 1. The first-order chi connectivity index (χ1) is 15.1. The number of aliphatic carboxylic acids is 2. The Labute approximate surface area is 182 Å². The van der Waals surface area contributed by atoms with E-state index in [1.54, 1.807) is 6.20 Å². The number of hydrogen-bond acceptors (Lipinski definition) is 6. The summed E-state index contributed by atoms with van der Waals surface area (Å²) in [5.41, 5.74) is 12.6. The number of amides is 3. The van der Waals surface area contributed by atoms with E-state index in [1.807, 2.05) is 24.3 Å². The van der Waals surface area contributed by atoms with Crippen LogP contribution in [0.25, 0.3) is 10.9 Å². The van der Waals surface area contributed by atoms with Crippen LogP contribution < -0.4 is 22.1 Å². The number of H-pyrrole nitrogens is 1. The molecule has 32 heavy (non-hydrogen) atoms. The molecular weight excluding hydrogens is 422 g/mol. The maximum Gasteiger partial charge on any atom is 0.326 e. The second-order valence-corrected chi connectivity index (χ2v) is 7.23. The van der Waals surface area contributed by atoms with Crippen LogP contribution in [0.3, 0.4) is 0 Å². The smallest absolute Gasteiger partial charge is 0.326 e. The molecule has 2 rings (SSSR count). The Balaban J connectivity index is 2.06. The number of carbonyl (C=O) groups is 5. The summed E-state index contributed by atoms with van der Waals surface area (Å²) in [5, 5.41) is 23.5. The Morgan fingerprint density at radius 1 is 1.00 bits per heavy atom. The molecule has 12 heteroatoms. The zero-order valence-electron chi connectivity index (χ0n) is 17.0. The Morgan fingerprint density at radius 3 is 2.28 bits per heavy atom. The average Bonchev–Trinajstić information content (AvgIpc) is 3.12. The van der Waals surface area contributed by atoms with Crippen LogP contribution in [0.1, 0.15) is 24.8 Å². The monoisotopic (exact) mass is 447 g/mol. The maximum atomic E-state index is 12.5. The van der Waals surface area contributed by atoms with E-state index < -0.39 is 54.2 Å². The number of para-hydroxylation sites is 1. The molecule has 0 aliphatic heterocycles. The molecule has 1 aromatic carbocycles. The molecular formula is C20H25N5O7. The van der Waals surface area contributed by atoms with Crippen LogP contribution in [0.5, 0.6) is 0 Å². The SMILES string of the molecule is NC(=O)CCC(NC(=O)C(CC(=O)O)NC(=O)C(N)Cc1c[nH]c2ccccc12)C(=O)O. The summed E-state index contributed by atoms with van der Waals surface area (Å²) in [6, 6.07) is 3.24. The van der Waals surface area contributed by atoms with E-state index in [1.165, 1.54) is 0 Å². The van der Waals surface area contributed by atoms with Crippen molar-refractivity contribution < 1.29 is 34.2 Å². The molecule has 1 aromatic heterocycles. The van der Waals surface area contributed by atoms with Gasteiger partial charge in [-0.2, -0.15) is 0 Å². The molecule has 0 bridgehead atoms. The van der Waals surface area contributed by atoms with Crippen molar-refractivity contribution in [1.82, 2.24) is 15.6 Å². The molecule has 0 radical (unpaired) electrons. The first-order valence-electron chi connectivity index (χ1n) is 9.72. The molecule has 172 valence electrons. The largest absolute Gasteiger partial charge is 0.481 e. The third-order valence-corrected chi connectivity index (χ3v) is 4.76. The number of aromatic nitrogens is 1. The molecule has 3 unspecified atom stereocenters. The first kappa shape index (κ1) is 24.3. The number of carboxylic acid groups (broad SMARTS) is 2. The third-order valence-electron chi connectivity index (χ3n) is 4.76. The summed E-state index contributed by atoms with van der Waals surface area (Å²) in [4.78, 5) is 61.4. The number of hydrogen-bond donors (Lipinski definition) is 7. The second kappa shape index (κ2) is 10.9. The van der Waals surface area contributed by atoms with Gasteiger partial charge in [-0.25, -0.2) is 4.79 Å². The van der Waals surface area contributed by atoms with Crippen molar-refractivity contribution >= 4 is 40.6 Å². The van der Waals surface area contributed by atoms with E-state index in [0.29, 0.717) is 0 Å². The predicted octanol–water partition coefficient (Wildman–Crippen LogP) is -1.17. The van der Waals surface area contributed by atoms with Gasteiger partial charge in [-0.05, 0) is 24.5 Å². The topological polar surface area (TPSA) is 218 Å². The predicted molar refractivity (Wildman–Crippen MR) is 112 cm³/mol. The number of nitrogens with one attached hydrogen (secondary N) is 3. The highest BCUT2D eigenvalue weighted by atomic mass is 16.4. The van der Waals surface area contributed by atoms with Crippen molar-refractivity contribution in [3.05, 3.63) is 36.0 Å². The van der Waals surface area contributed by atoms with E-state index in [2.05, 4.69) is 15.6 Å². The lowest BCUT2D eigenvalue weighted by atomic mass is 10.0. The van der Waals surface area contributed by atoms with Crippen LogP contribution in [-0.4, -0.2) is 63.0 Å². The number of primary amides is 1. The summed E-state index contributed by atoms with van der Waals surface area (Å²) in [6.45, 7) is 0. The zero-order valence-corrected chi connectivity index (χ0v) is 17.0. The molecule has 1 heterocycles. The van der Waals surface area contributed by atoms with E-state index in [4.69, 9.17) is 16.6 Å². The van der Waals surface area contributed by atoms with E-state index in [-0.39, 0.29) is 19.3 Å². The average molecular weight is 447 g/mol. The Kier molecular flexibility index (Phi) is 8.30. The standard InChI is InChI=1S/C20H25N5O7/c21-12(7-10-9-23-13-4-2-1-3-11(10)13)18(29)25-15(8-17(27)28)19(30)24-14(20(31)32)5-6-16(22)26/h1-4,9,12,14-15,23H,5-8,21H2,(H2,22,26)(H,24,30)(H,25,29)(H,27,28)(H,31,32). The Hall–Kier alpha value is -3.93. The van der Waals surface area contributed by atoms with Crippen molar-refractivity contribution in [3.8, 4) is 0 Å². The normalized spacial score (nSPS) is 13.7. The molecule has 3 amide bonds. The molecule has 0 aliphatic carbocycles. The van der Waals surface area contributed by atoms with Crippen LogP contribution in [-0.2, 0) is 30.4 Å². The number of carbonyl (C=O) groups excluding carboxylic acids is 3. The summed E-state index contributed by atoms with van der Waals surface area (Å²) in [5.74, 6) is -5.39. The number of nitrogens with two attached hydrogens (primary N) is 2. The van der Waals surface area contributed by atoms with Crippen molar-refractivity contribution in [2.75, 3.05) is 0 Å². The van der Waals surface area contributed by atoms with Crippen molar-refractivity contribution in [3.63, 3.8) is 0 Å². The third kappa shape index (κ3) is 6.80. The highest BCUT2D eigenvalue weighted by Gasteiger charge is 2.30. The maximum absolute atomic E-state index is 12.5. The van der Waals surface area contributed by atoms with Gasteiger partial charge < -0.3 is 37.3 Å². The lowest BCUT2D eigenvalue weighted by Crippen LogP contribution is -2.55. The quantitative estimate of drug-likeness (QED) is 0.210. The Bertz CT molecular complexity index is 1020. The van der Waals surface area contributed by atoms with Gasteiger partial charge in [0.15, 0.2) is 0 Å². The molecule has 9 N–H and O–H groups in total. The summed E-state index contributed by atoms with van der Waals surface area (Å²) in [7, 11) is 0. The first-order valence-corrected chi connectivity index (χ1v) is 9.72. The van der Waals surface area contributed by atoms with E-state index >= 15 is 0 Å². The fourth-order valence-corrected chi connectivity index (χ4v) is 3.11. The van der Waals surface area contributed by atoms with Crippen LogP contribution >= 0.6 is 0 Å². The minimum Gasteiger partial charge on any atom is -0.481 e. The zero-order chi connectivity index (χ0) is 23.8. The van der Waals surface area contributed by atoms with Gasteiger partial charge in [-0.3, -0.25) is 19.2 Å². The molecule has 0 fully saturated rings. The van der Waals surface area contributed by atoms with Gasteiger partial charge in [0.1, 0.15) is 12.1 Å². The van der Waals surface area contributed by atoms with Crippen molar-refractivity contribution in [2.24, 2.45) is 11.5 Å². The van der Waals surface area contributed by atoms with Crippen molar-refractivity contribution in [2.45, 2.75) is 43.8 Å². The Morgan fingerprint density at radius 2 is 1.66 bits per heavy atom. The lowest BCUT2D eigenvalue weighted by molar-refractivity contribution is -0.143. The summed E-state index contributed by atoms with van der Waals surface area (Å²) >= 11 is 0. The number of fused-ring (bicyclic) bond motifs is 1. The second-order valence-electron chi connectivity index (χ2n) is 7.23. The fraction of sp³-hybridized carbons (Fsp3) is 0.350. The van der Waals surface area contributed by atoms with Gasteiger partial charge in [-0.1, -0.05) is 18.2 Å². The molecule has 0 aliphatic rings. The van der Waals surface area contributed by atoms with E-state index in [9.17, 15) is 29.1 Å². The number of rotatable bonds is 12. The van der Waals surface area contributed by atoms with Crippen LogP contribution in [0, 0.1) is 0 Å². The molecule has 3 atom stereocenters. The van der Waals surface area contributed by atoms with Gasteiger partial charge in [-0.15, -0.1) is 0 Å².